The van der Waals surface area contributed by atoms with Crippen molar-refractivity contribution in [3.63, 3.8) is 0 Å². The maximum atomic E-state index is 14.8. The van der Waals surface area contributed by atoms with Crippen molar-refractivity contribution in [3.05, 3.63) is 41.0 Å². The molecule has 0 bridgehead atoms. The fraction of sp³-hybridized carbons (Fsp3) is 0.435. The molecule has 0 atom stereocenters. The van der Waals surface area contributed by atoms with Crippen LogP contribution in [-0.2, 0) is 0 Å². The van der Waals surface area contributed by atoms with Gasteiger partial charge in [-0.15, -0.1) is 5.54 Å². The zero-order valence-electron chi connectivity index (χ0n) is 18.3. The fourth-order valence-corrected chi connectivity index (χ4v) is 9.54. The largest absolute Gasteiger partial charge is 0.396 e. The Bertz CT molecular complexity index is 988. The van der Waals surface area contributed by atoms with Gasteiger partial charge >= 0.3 is 0 Å². The number of anilines is 1. The van der Waals surface area contributed by atoms with Gasteiger partial charge in [0.1, 0.15) is 19.8 Å². The molecule has 0 aliphatic carbocycles. The molecule has 0 spiro atoms. The van der Waals surface area contributed by atoms with E-state index < -0.39 is 13.9 Å². The molecule has 0 aliphatic heterocycles. The maximum Gasteiger partial charge on any atom is 0.164 e. The average Bonchev–Trinajstić information content (AvgIpc) is 2.64. The maximum absolute atomic E-state index is 14.8. The van der Waals surface area contributed by atoms with Gasteiger partial charge in [0.2, 0.25) is 0 Å². The molecule has 1 aromatic carbocycles. The van der Waals surface area contributed by atoms with Gasteiger partial charge in [-0.25, -0.2) is 14.4 Å². The summed E-state index contributed by atoms with van der Waals surface area (Å²) in [6, 6.07) is 5.22. The Morgan fingerprint density at radius 2 is 1.69 bits per heavy atom. The Balaban J connectivity index is 2.65. The van der Waals surface area contributed by atoms with Crippen molar-refractivity contribution in [1.29, 1.82) is 5.26 Å². The Labute approximate surface area is 174 Å². The molecule has 2 N–H and O–H groups in total. The zero-order valence-corrected chi connectivity index (χ0v) is 19.3. The quantitative estimate of drug-likeness (QED) is 0.405. The van der Waals surface area contributed by atoms with Gasteiger partial charge in [0.05, 0.1) is 16.8 Å². The van der Waals surface area contributed by atoms with E-state index >= 15 is 0 Å². The molecule has 0 saturated carbocycles. The van der Waals surface area contributed by atoms with Gasteiger partial charge in [-0.3, -0.25) is 0 Å². The lowest BCUT2D eigenvalue weighted by atomic mass is 10.0. The van der Waals surface area contributed by atoms with E-state index in [1.807, 2.05) is 6.07 Å². The number of hydrogen-bond donors (Lipinski definition) is 1. The first-order chi connectivity index (χ1) is 13.6. The van der Waals surface area contributed by atoms with E-state index in [-0.39, 0.29) is 22.6 Å². The van der Waals surface area contributed by atoms with Gasteiger partial charge in [0.15, 0.2) is 11.6 Å². The fourth-order valence-electron chi connectivity index (χ4n) is 4.33. The molecule has 0 amide bonds. The van der Waals surface area contributed by atoms with Crippen molar-refractivity contribution in [2.75, 3.05) is 5.73 Å². The topological polar surface area (TPSA) is 75.6 Å². The highest BCUT2D eigenvalue weighted by molar-refractivity contribution is 6.90. The van der Waals surface area contributed by atoms with E-state index in [2.05, 4.69) is 63.0 Å². The lowest BCUT2D eigenvalue weighted by molar-refractivity contribution is 0.633. The summed E-state index contributed by atoms with van der Waals surface area (Å²) in [6.07, 6.45) is 1.55. The molecular weight excluding hydrogens is 379 g/mol. The highest BCUT2D eigenvalue weighted by Gasteiger charge is 2.41. The molecule has 4 nitrogen and oxygen atoms in total. The van der Waals surface area contributed by atoms with Crippen LogP contribution in [0.5, 0.6) is 0 Å². The van der Waals surface area contributed by atoms with Gasteiger partial charge in [-0.05, 0) is 41.2 Å². The van der Waals surface area contributed by atoms with Crippen molar-refractivity contribution in [2.24, 2.45) is 0 Å². The van der Waals surface area contributed by atoms with Crippen molar-refractivity contribution in [1.82, 2.24) is 9.97 Å². The van der Waals surface area contributed by atoms with Crippen molar-refractivity contribution in [2.45, 2.75) is 65.1 Å². The van der Waals surface area contributed by atoms with Gasteiger partial charge in [-0.1, -0.05) is 47.5 Å². The van der Waals surface area contributed by atoms with Gasteiger partial charge < -0.3 is 5.73 Å². The standard InChI is InChI=1S/C23H29FN4Si/c1-14(2)29(15(3)4,16(5)6)11-9-18-8-10-27-23(28-18)21-19(13-25)17(7)12-20(26)22(21)24/h8,10,12,14-16H,26H2,1-7H3. The SMILES string of the molecule is Cc1cc(N)c(F)c(-c2nccc(C#C[Si](C(C)C)(C(C)C)C(C)C)n2)c1C#N. The summed E-state index contributed by atoms with van der Waals surface area (Å²) in [7, 11) is -1.92. The molecule has 2 aromatic rings. The number of rotatable bonds is 4. The first-order valence-corrected chi connectivity index (χ1v) is 12.1. The molecule has 2 rings (SSSR count). The number of hydrogen-bond acceptors (Lipinski definition) is 4. The second kappa shape index (κ2) is 8.76. The average molecular weight is 409 g/mol. The lowest BCUT2D eigenvalue weighted by Crippen LogP contribution is -2.43. The number of nitriles is 1. The predicted octanol–water partition coefficient (Wildman–Crippen LogP) is 5.61. The van der Waals surface area contributed by atoms with Crippen LogP contribution in [0.2, 0.25) is 16.6 Å². The number of nitrogens with zero attached hydrogens (tertiary/aromatic N) is 3. The van der Waals surface area contributed by atoms with Crippen LogP contribution < -0.4 is 5.73 Å². The second-order valence-corrected chi connectivity index (χ2v) is 14.0. The van der Waals surface area contributed by atoms with Crippen molar-refractivity contribution in [3.8, 4) is 28.9 Å². The first kappa shape index (κ1) is 22.6. The number of nitrogens with two attached hydrogens (primary N) is 1. The number of aromatic nitrogens is 2. The van der Waals surface area contributed by atoms with Crippen LogP contribution in [0.4, 0.5) is 10.1 Å². The van der Waals surface area contributed by atoms with Crippen LogP contribution in [0.3, 0.4) is 0 Å². The Morgan fingerprint density at radius 1 is 1.10 bits per heavy atom. The molecular formula is C23H29FN4Si. The summed E-state index contributed by atoms with van der Waals surface area (Å²) >= 11 is 0. The van der Waals surface area contributed by atoms with E-state index in [0.717, 1.165) is 0 Å². The molecule has 0 aliphatic rings. The number of benzene rings is 1. The minimum absolute atomic E-state index is 0.0255. The number of halogens is 1. The lowest BCUT2D eigenvalue weighted by Gasteiger charge is -2.38. The van der Waals surface area contributed by atoms with Gasteiger partial charge in [0.25, 0.3) is 0 Å². The van der Waals surface area contributed by atoms with Crippen molar-refractivity contribution >= 4 is 13.8 Å². The van der Waals surface area contributed by atoms with Crippen LogP contribution >= 0.6 is 0 Å². The van der Waals surface area contributed by atoms with Crippen LogP contribution in [0.15, 0.2) is 18.3 Å². The van der Waals surface area contributed by atoms with E-state index in [9.17, 15) is 9.65 Å². The predicted molar refractivity (Wildman–Crippen MR) is 119 cm³/mol. The molecule has 6 heteroatoms. The second-order valence-electron chi connectivity index (χ2n) is 8.37. The Morgan fingerprint density at radius 3 is 2.21 bits per heavy atom. The summed E-state index contributed by atoms with van der Waals surface area (Å²) in [4.78, 5) is 8.66. The van der Waals surface area contributed by atoms with Crippen LogP contribution in [-0.4, -0.2) is 18.0 Å². The number of aryl methyl sites for hydroxylation is 1. The highest BCUT2D eigenvalue weighted by atomic mass is 28.3. The van der Waals surface area contributed by atoms with E-state index in [4.69, 9.17) is 5.73 Å². The van der Waals surface area contributed by atoms with Gasteiger partial charge in [-0.2, -0.15) is 5.26 Å². The molecule has 0 radical (unpaired) electrons. The van der Waals surface area contributed by atoms with E-state index in [1.54, 1.807) is 19.2 Å². The number of nitrogen functional groups attached to an aromatic ring is 1. The smallest absolute Gasteiger partial charge is 0.164 e. The molecule has 1 aromatic heterocycles. The molecule has 29 heavy (non-hydrogen) atoms. The molecule has 0 saturated heterocycles. The zero-order chi connectivity index (χ0) is 21.9. The van der Waals surface area contributed by atoms with Crippen LogP contribution in [0, 0.1) is 35.5 Å². The third-order valence-corrected chi connectivity index (χ3v) is 12.0. The highest BCUT2D eigenvalue weighted by Crippen LogP contribution is 2.40. The first-order valence-electron chi connectivity index (χ1n) is 9.91. The minimum atomic E-state index is -1.92. The summed E-state index contributed by atoms with van der Waals surface area (Å²) < 4.78 is 14.8. The summed E-state index contributed by atoms with van der Waals surface area (Å²) in [6.45, 7) is 15.2. The summed E-state index contributed by atoms with van der Waals surface area (Å²) in [5, 5.41) is 9.50. The van der Waals surface area contributed by atoms with Crippen LogP contribution in [0.25, 0.3) is 11.4 Å². The van der Waals surface area contributed by atoms with Gasteiger partial charge in [0, 0.05) is 6.20 Å². The van der Waals surface area contributed by atoms with Crippen molar-refractivity contribution < 1.29 is 4.39 Å². The molecule has 152 valence electrons. The van der Waals surface area contributed by atoms with E-state index in [1.165, 1.54) is 6.07 Å². The Hall–Kier alpha value is -2.70. The normalized spacial score (nSPS) is 11.5. The Kier molecular flexibility index (Phi) is 6.82. The minimum Gasteiger partial charge on any atom is -0.396 e. The van der Waals surface area contributed by atoms with E-state index in [0.29, 0.717) is 27.9 Å². The summed E-state index contributed by atoms with van der Waals surface area (Å²) in [5.74, 6) is 2.71. The van der Waals surface area contributed by atoms with Crippen LogP contribution in [0.1, 0.15) is 58.4 Å². The molecule has 0 unspecified atom stereocenters. The molecule has 0 fully saturated rings. The monoisotopic (exact) mass is 408 g/mol. The molecule has 1 heterocycles. The summed E-state index contributed by atoms with van der Waals surface area (Å²) in [5.41, 5.74) is 12.2. The third kappa shape index (κ3) is 4.18. The third-order valence-electron chi connectivity index (χ3n) is 5.75.